The molecule has 3 rings (SSSR count). The summed E-state index contributed by atoms with van der Waals surface area (Å²) in [6.07, 6.45) is 7.73. The van der Waals surface area contributed by atoms with Crippen molar-refractivity contribution in [3.63, 3.8) is 0 Å². The predicted octanol–water partition coefficient (Wildman–Crippen LogP) is 3.01. The normalized spacial score (nSPS) is 11.3. The zero-order valence-electron chi connectivity index (χ0n) is 12.8. The van der Waals surface area contributed by atoms with Gasteiger partial charge in [0.05, 0.1) is 18.1 Å². The topological polar surface area (TPSA) is 48.5 Å². The van der Waals surface area contributed by atoms with E-state index in [9.17, 15) is 0 Å². The molecule has 0 aliphatic rings. The van der Waals surface area contributed by atoms with Gasteiger partial charge in [0, 0.05) is 43.3 Å². The minimum absolute atomic E-state index is 0.372. The Morgan fingerprint density at radius 3 is 2.00 bits per heavy atom. The lowest BCUT2D eigenvalue weighted by Gasteiger charge is -2.09. The predicted molar refractivity (Wildman–Crippen MR) is 82.7 cm³/mol. The molecule has 0 aromatic carbocycles. The van der Waals surface area contributed by atoms with E-state index in [2.05, 4.69) is 36.2 Å². The zero-order valence-corrected chi connectivity index (χ0v) is 12.8. The fraction of sp³-hybridized carbons (Fsp3) is 0.312. The first-order valence-corrected chi connectivity index (χ1v) is 7.03. The zero-order chi connectivity index (χ0) is 15.0. The quantitative estimate of drug-likeness (QED) is 0.741. The van der Waals surface area contributed by atoms with Crippen molar-refractivity contribution < 1.29 is 0 Å². The third kappa shape index (κ3) is 2.72. The average molecular weight is 281 g/mol. The van der Waals surface area contributed by atoms with Crippen molar-refractivity contribution in [2.45, 2.75) is 19.8 Å². The fourth-order valence-electron chi connectivity index (χ4n) is 2.29. The second kappa shape index (κ2) is 5.16. The third-order valence-electron chi connectivity index (χ3n) is 3.48. The Hall–Kier alpha value is -2.43. The largest absolute Gasteiger partial charge is 0.275 e. The first kappa shape index (κ1) is 13.5. The minimum atomic E-state index is 0.372. The molecule has 0 amide bonds. The highest BCUT2D eigenvalue weighted by Crippen LogP contribution is 2.27. The number of hydrogen-bond donors (Lipinski definition) is 0. The van der Waals surface area contributed by atoms with E-state index in [1.165, 1.54) is 0 Å². The summed E-state index contributed by atoms with van der Waals surface area (Å²) < 4.78 is 3.61. The van der Waals surface area contributed by atoms with Gasteiger partial charge in [-0.25, -0.2) is 0 Å². The molecule has 21 heavy (non-hydrogen) atoms. The van der Waals surface area contributed by atoms with E-state index in [1.54, 1.807) is 4.68 Å². The summed E-state index contributed by atoms with van der Waals surface area (Å²) >= 11 is 0. The SMILES string of the molecule is CC(C)c1cc(-c2cnn(C)c2)cc(-c2cnn(C)c2)n1. The number of pyridine rings is 1. The lowest BCUT2D eigenvalue weighted by atomic mass is 10.0. The summed E-state index contributed by atoms with van der Waals surface area (Å²) in [5.74, 6) is 0.372. The monoisotopic (exact) mass is 281 g/mol. The first-order chi connectivity index (χ1) is 10.0. The van der Waals surface area contributed by atoms with E-state index >= 15 is 0 Å². The van der Waals surface area contributed by atoms with E-state index in [0.717, 1.165) is 28.1 Å². The lowest BCUT2D eigenvalue weighted by molar-refractivity contribution is 0.768. The Balaban J connectivity index is 2.14. The van der Waals surface area contributed by atoms with Gasteiger partial charge in [0.1, 0.15) is 0 Å². The smallest absolute Gasteiger partial charge is 0.0743 e. The minimum Gasteiger partial charge on any atom is -0.275 e. The van der Waals surface area contributed by atoms with Crippen LogP contribution in [0.4, 0.5) is 0 Å². The van der Waals surface area contributed by atoms with Gasteiger partial charge in [-0.15, -0.1) is 0 Å². The van der Waals surface area contributed by atoms with E-state index in [4.69, 9.17) is 4.98 Å². The molecule has 0 spiro atoms. The van der Waals surface area contributed by atoms with Crippen LogP contribution in [0.2, 0.25) is 0 Å². The number of aromatic nitrogens is 5. The molecule has 0 aliphatic carbocycles. The molecule has 108 valence electrons. The molecule has 0 aliphatic heterocycles. The van der Waals surface area contributed by atoms with Crippen LogP contribution in [-0.2, 0) is 14.1 Å². The molecule has 0 saturated carbocycles. The summed E-state index contributed by atoms with van der Waals surface area (Å²) in [6, 6.07) is 4.24. The van der Waals surface area contributed by atoms with Crippen LogP contribution in [0.15, 0.2) is 36.9 Å². The maximum Gasteiger partial charge on any atom is 0.0743 e. The Morgan fingerprint density at radius 2 is 1.48 bits per heavy atom. The molecule has 0 saturated heterocycles. The molecule has 0 fully saturated rings. The summed E-state index contributed by atoms with van der Waals surface area (Å²) in [5.41, 5.74) is 5.31. The van der Waals surface area contributed by atoms with Crippen LogP contribution in [0.5, 0.6) is 0 Å². The molecule has 5 heteroatoms. The molecule has 0 unspecified atom stereocenters. The summed E-state index contributed by atoms with van der Waals surface area (Å²) in [4.78, 5) is 4.77. The summed E-state index contributed by atoms with van der Waals surface area (Å²) in [6.45, 7) is 4.31. The van der Waals surface area contributed by atoms with Gasteiger partial charge in [-0.05, 0) is 23.6 Å². The van der Waals surface area contributed by atoms with E-state index in [1.807, 2.05) is 43.6 Å². The maximum atomic E-state index is 4.77. The standard InChI is InChI=1S/C16H19N5/c1-11(2)15-5-12(13-7-17-20(3)9-13)6-16(19-15)14-8-18-21(4)10-14/h5-11H,1-4H3. The van der Waals surface area contributed by atoms with E-state index in [-0.39, 0.29) is 0 Å². The van der Waals surface area contributed by atoms with Crippen LogP contribution in [0.3, 0.4) is 0 Å². The molecule has 0 N–H and O–H groups in total. The van der Waals surface area contributed by atoms with Crippen LogP contribution >= 0.6 is 0 Å². The van der Waals surface area contributed by atoms with E-state index < -0.39 is 0 Å². The molecule has 3 aromatic rings. The lowest BCUT2D eigenvalue weighted by Crippen LogP contribution is -1.96. The summed E-state index contributed by atoms with van der Waals surface area (Å²) in [5, 5.41) is 8.49. The van der Waals surface area contributed by atoms with Crippen molar-refractivity contribution in [1.82, 2.24) is 24.5 Å². The van der Waals surface area contributed by atoms with Gasteiger partial charge >= 0.3 is 0 Å². The van der Waals surface area contributed by atoms with Crippen LogP contribution in [-0.4, -0.2) is 24.5 Å². The Labute approximate surface area is 124 Å². The van der Waals surface area contributed by atoms with Crippen molar-refractivity contribution >= 4 is 0 Å². The molecule has 3 heterocycles. The van der Waals surface area contributed by atoms with Crippen molar-refractivity contribution in [2.24, 2.45) is 14.1 Å². The van der Waals surface area contributed by atoms with Crippen molar-refractivity contribution in [3.05, 3.63) is 42.6 Å². The van der Waals surface area contributed by atoms with Crippen molar-refractivity contribution in [1.29, 1.82) is 0 Å². The Morgan fingerprint density at radius 1 is 0.857 bits per heavy atom. The molecular weight excluding hydrogens is 262 g/mol. The highest BCUT2D eigenvalue weighted by atomic mass is 15.2. The van der Waals surface area contributed by atoms with Crippen LogP contribution in [0, 0.1) is 0 Å². The van der Waals surface area contributed by atoms with Gasteiger partial charge in [-0.1, -0.05) is 13.8 Å². The van der Waals surface area contributed by atoms with Gasteiger partial charge in [0.2, 0.25) is 0 Å². The second-order valence-corrected chi connectivity index (χ2v) is 5.63. The van der Waals surface area contributed by atoms with Gasteiger partial charge < -0.3 is 0 Å². The van der Waals surface area contributed by atoms with Gasteiger partial charge in [-0.3, -0.25) is 14.3 Å². The van der Waals surface area contributed by atoms with E-state index in [0.29, 0.717) is 5.92 Å². The maximum absolute atomic E-state index is 4.77. The molecule has 0 radical (unpaired) electrons. The number of aryl methyl sites for hydroxylation is 2. The van der Waals surface area contributed by atoms with Crippen molar-refractivity contribution in [3.8, 4) is 22.4 Å². The number of hydrogen-bond acceptors (Lipinski definition) is 3. The molecule has 0 atom stereocenters. The number of nitrogens with zero attached hydrogens (tertiary/aromatic N) is 5. The molecule has 0 bridgehead atoms. The second-order valence-electron chi connectivity index (χ2n) is 5.63. The van der Waals surface area contributed by atoms with Crippen LogP contribution < -0.4 is 0 Å². The molecule has 5 nitrogen and oxygen atoms in total. The van der Waals surface area contributed by atoms with Crippen molar-refractivity contribution in [2.75, 3.05) is 0 Å². The van der Waals surface area contributed by atoms with Crippen LogP contribution in [0.25, 0.3) is 22.4 Å². The average Bonchev–Trinajstić information content (AvgIpc) is 3.07. The third-order valence-corrected chi connectivity index (χ3v) is 3.48. The molecular formula is C16H19N5. The fourth-order valence-corrected chi connectivity index (χ4v) is 2.29. The first-order valence-electron chi connectivity index (χ1n) is 7.03. The van der Waals surface area contributed by atoms with Crippen LogP contribution in [0.1, 0.15) is 25.5 Å². The Bertz CT molecular complexity index is 708. The number of rotatable bonds is 3. The highest BCUT2D eigenvalue weighted by molar-refractivity contribution is 5.69. The van der Waals surface area contributed by atoms with Gasteiger partial charge in [0.15, 0.2) is 0 Å². The summed E-state index contributed by atoms with van der Waals surface area (Å²) in [7, 11) is 3.84. The van der Waals surface area contributed by atoms with Gasteiger partial charge in [-0.2, -0.15) is 10.2 Å². The van der Waals surface area contributed by atoms with Gasteiger partial charge in [0.25, 0.3) is 0 Å². The highest BCUT2D eigenvalue weighted by Gasteiger charge is 2.11. The molecule has 3 aromatic heterocycles. The Kier molecular flexibility index (Phi) is 3.33.